The fourth-order valence-electron chi connectivity index (χ4n) is 2.89. The van der Waals surface area contributed by atoms with Gasteiger partial charge in [0.05, 0.1) is 11.2 Å². The molecule has 5 N–H and O–H groups in total. The van der Waals surface area contributed by atoms with Gasteiger partial charge in [-0.25, -0.2) is 9.97 Å². The van der Waals surface area contributed by atoms with Gasteiger partial charge in [0.2, 0.25) is 0 Å². The van der Waals surface area contributed by atoms with Gasteiger partial charge in [0.25, 0.3) is 5.91 Å². The SMILES string of the molecule is Cc1ccc2cccc(Nc3ncnc(NNC(=O)c4cccc(Cl)c4)c3N)c2n1. The Balaban J connectivity index is 1.55. The summed E-state index contributed by atoms with van der Waals surface area (Å²) in [5.74, 6) is 0.270. The van der Waals surface area contributed by atoms with Gasteiger partial charge in [0.15, 0.2) is 11.6 Å². The van der Waals surface area contributed by atoms with Crippen molar-refractivity contribution >= 4 is 51.4 Å². The smallest absolute Gasteiger partial charge is 0.269 e. The first-order chi connectivity index (χ1) is 14.5. The molecule has 2 heterocycles. The Labute approximate surface area is 177 Å². The normalized spacial score (nSPS) is 10.6. The van der Waals surface area contributed by atoms with Crippen molar-refractivity contribution in [2.45, 2.75) is 6.92 Å². The molecule has 0 bridgehead atoms. The number of hydrazine groups is 1. The van der Waals surface area contributed by atoms with Gasteiger partial charge < -0.3 is 11.1 Å². The Bertz CT molecular complexity index is 1250. The lowest BCUT2D eigenvalue weighted by atomic mass is 10.1. The summed E-state index contributed by atoms with van der Waals surface area (Å²) in [6, 6.07) is 16.3. The summed E-state index contributed by atoms with van der Waals surface area (Å²) in [5.41, 5.74) is 14.6. The summed E-state index contributed by atoms with van der Waals surface area (Å²) in [7, 11) is 0. The van der Waals surface area contributed by atoms with Crippen LogP contribution in [-0.4, -0.2) is 20.9 Å². The number of nitrogens with one attached hydrogen (secondary N) is 3. The summed E-state index contributed by atoms with van der Waals surface area (Å²) in [5, 5.41) is 4.66. The summed E-state index contributed by atoms with van der Waals surface area (Å²) < 4.78 is 0. The first-order valence-corrected chi connectivity index (χ1v) is 9.45. The van der Waals surface area contributed by atoms with Crippen LogP contribution < -0.4 is 21.9 Å². The van der Waals surface area contributed by atoms with Gasteiger partial charge in [-0.15, -0.1) is 0 Å². The van der Waals surface area contributed by atoms with Crippen LogP contribution >= 0.6 is 11.6 Å². The van der Waals surface area contributed by atoms with Crippen LogP contribution in [0, 0.1) is 6.92 Å². The Kier molecular flexibility index (Phi) is 5.32. The maximum Gasteiger partial charge on any atom is 0.269 e. The van der Waals surface area contributed by atoms with E-state index in [4.69, 9.17) is 17.3 Å². The van der Waals surface area contributed by atoms with Crippen LogP contribution in [0.3, 0.4) is 0 Å². The average molecular weight is 420 g/mol. The minimum absolute atomic E-state index is 0.244. The number of aryl methyl sites for hydroxylation is 1. The van der Waals surface area contributed by atoms with Crippen LogP contribution in [0.15, 0.2) is 60.9 Å². The van der Waals surface area contributed by atoms with Crippen LogP contribution in [0.1, 0.15) is 16.1 Å². The standard InChI is InChI=1S/C21H18ClN7O/c1-12-8-9-13-4-3-7-16(18(13)26-12)27-19-17(23)20(25-11-24-19)28-29-21(30)14-5-2-6-15(22)10-14/h2-11H,23H2,1H3,(H,29,30)(H2,24,25,27,28). The second-order valence-corrected chi connectivity index (χ2v) is 6.97. The number of rotatable bonds is 5. The third kappa shape index (κ3) is 4.08. The lowest BCUT2D eigenvalue weighted by Crippen LogP contribution is -2.30. The number of carbonyl (C=O) groups is 1. The zero-order valence-corrected chi connectivity index (χ0v) is 16.7. The number of nitrogens with two attached hydrogens (primary N) is 1. The quantitative estimate of drug-likeness (QED) is 0.360. The number of hydrogen-bond donors (Lipinski definition) is 4. The molecule has 0 aliphatic carbocycles. The van der Waals surface area contributed by atoms with Gasteiger partial charge >= 0.3 is 0 Å². The second-order valence-electron chi connectivity index (χ2n) is 6.53. The zero-order valence-electron chi connectivity index (χ0n) is 16.0. The number of benzene rings is 2. The van der Waals surface area contributed by atoms with E-state index in [0.29, 0.717) is 16.4 Å². The molecule has 150 valence electrons. The molecular weight excluding hydrogens is 402 g/mol. The Morgan fingerprint density at radius 1 is 1.03 bits per heavy atom. The maximum absolute atomic E-state index is 12.3. The van der Waals surface area contributed by atoms with Gasteiger partial charge in [-0.3, -0.25) is 20.6 Å². The highest BCUT2D eigenvalue weighted by atomic mass is 35.5. The van der Waals surface area contributed by atoms with Crippen LogP contribution in [0.2, 0.25) is 5.02 Å². The summed E-state index contributed by atoms with van der Waals surface area (Å²) in [6.45, 7) is 1.93. The highest BCUT2D eigenvalue weighted by molar-refractivity contribution is 6.31. The number of aromatic nitrogens is 3. The van der Waals surface area contributed by atoms with Crippen molar-refractivity contribution in [3.8, 4) is 0 Å². The van der Waals surface area contributed by atoms with E-state index in [2.05, 4.69) is 31.1 Å². The molecule has 0 fully saturated rings. The number of nitrogens with zero attached hydrogens (tertiary/aromatic N) is 3. The van der Waals surface area contributed by atoms with Crippen molar-refractivity contribution in [1.82, 2.24) is 20.4 Å². The molecule has 30 heavy (non-hydrogen) atoms. The van der Waals surface area contributed by atoms with Gasteiger partial charge in [0, 0.05) is 21.7 Å². The molecule has 0 spiro atoms. The number of pyridine rings is 1. The number of nitrogen functional groups attached to an aromatic ring is 1. The predicted molar refractivity (Wildman–Crippen MR) is 119 cm³/mol. The summed E-state index contributed by atoms with van der Waals surface area (Å²) >= 11 is 5.93. The molecule has 0 aliphatic heterocycles. The molecule has 2 aromatic carbocycles. The van der Waals surface area contributed by atoms with E-state index in [1.54, 1.807) is 24.3 Å². The fraction of sp³-hybridized carbons (Fsp3) is 0.0476. The highest BCUT2D eigenvalue weighted by Crippen LogP contribution is 2.29. The number of amides is 1. The molecule has 9 heteroatoms. The van der Waals surface area contributed by atoms with E-state index in [1.807, 2.05) is 37.3 Å². The number of halogens is 1. The average Bonchev–Trinajstić information content (AvgIpc) is 2.74. The molecule has 4 rings (SSSR count). The number of hydrogen-bond acceptors (Lipinski definition) is 7. The van der Waals surface area contributed by atoms with Crippen molar-refractivity contribution in [3.63, 3.8) is 0 Å². The van der Waals surface area contributed by atoms with E-state index in [9.17, 15) is 4.79 Å². The highest BCUT2D eigenvalue weighted by Gasteiger charge is 2.12. The van der Waals surface area contributed by atoms with E-state index in [-0.39, 0.29) is 17.4 Å². The molecule has 0 saturated carbocycles. The predicted octanol–water partition coefficient (Wildman–Crippen LogP) is 4.07. The summed E-state index contributed by atoms with van der Waals surface area (Å²) in [6.07, 6.45) is 1.34. The third-order valence-corrected chi connectivity index (χ3v) is 4.61. The molecule has 0 aliphatic rings. The van der Waals surface area contributed by atoms with Gasteiger partial charge in [-0.1, -0.05) is 35.9 Å². The van der Waals surface area contributed by atoms with Crippen molar-refractivity contribution in [3.05, 3.63) is 77.2 Å². The van der Waals surface area contributed by atoms with Crippen molar-refractivity contribution < 1.29 is 4.79 Å². The van der Waals surface area contributed by atoms with E-state index in [1.165, 1.54) is 6.33 Å². The Morgan fingerprint density at radius 3 is 2.67 bits per heavy atom. The third-order valence-electron chi connectivity index (χ3n) is 4.38. The molecule has 0 radical (unpaired) electrons. The van der Waals surface area contributed by atoms with E-state index in [0.717, 1.165) is 22.3 Å². The lowest BCUT2D eigenvalue weighted by molar-refractivity contribution is 0.0962. The van der Waals surface area contributed by atoms with Crippen LogP contribution in [0.5, 0.6) is 0 Å². The van der Waals surface area contributed by atoms with Crippen molar-refractivity contribution in [1.29, 1.82) is 0 Å². The minimum atomic E-state index is -0.376. The minimum Gasteiger partial charge on any atom is -0.393 e. The summed E-state index contributed by atoms with van der Waals surface area (Å²) in [4.78, 5) is 25.2. The van der Waals surface area contributed by atoms with Crippen LogP contribution in [0.4, 0.5) is 23.0 Å². The van der Waals surface area contributed by atoms with E-state index < -0.39 is 0 Å². The monoisotopic (exact) mass is 419 g/mol. The maximum atomic E-state index is 12.3. The molecule has 0 saturated heterocycles. The first kappa shape index (κ1) is 19.4. The molecule has 4 aromatic rings. The largest absolute Gasteiger partial charge is 0.393 e. The van der Waals surface area contributed by atoms with Crippen LogP contribution in [-0.2, 0) is 0 Å². The van der Waals surface area contributed by atoms with Crippen molar-refractivity contribution in [2.24, 2.45) is 0 Å². The Morgan fingerprint density at radius 2 is 1.83 bits per heavy atom. The second kappa shape index (κ2) is 8.22. The molecule has 0 unspecified atom stereocenters. The number of para-hydroxylation sites is 1. The molecular formula is C21H18ClN7O. The number of anilines is 4. The van der Waals surface area contributed by atoms with Crippen molar-refractivity contribution in [2.75, 3.05) is 16.5 Å². The lowest BCUT2D eigenvalue weighted by Gasteiger charge is -2.14. The zero-order chi connectivity index (χ0) is 21.1. The molecule has 2 aromatic heterocycles. The first-order valence-electron chi connectivity index (χ1n) is 9.07. The number of fused-ring (bicyclic) bond motifs is 1. The topological polar surface area (TPSA) is 118 Å². The van der Waals surface area contributed by atoms with Gasteiger partial charge in [0.1, 0.15) is 12.0 Å². The Hall–Kier alpha value is -3.91. The molecule has 1 amide bonds. The van der Waals surface area contributed by atoms with E-state index >= 15 is 0 Å². The van der Waals surface area contributed by atoms with Gasteiger partial charge in [-0.2, -0.15) is 0 Å². The molecule has 8 nitrogen and oxygen atoms in total. The van der Waals surface area contributed by atoms with Gasteiger partial charge in [-0.05, 0) is 37.3 Å². The fourth-order valence-corrected chi connectivity index (χ4v) is 3.08. The molecule has 0 atom stereocenters. The van der Waals surface area contributed by atoms with Crippen LogP contribution in [0.25, 0.3) is 10.9 Å². The number of carbonyl (C=O) groups excluding carboxylic acids is 1.